The highest BCUT2D eigenvalue weighted by Gasteiger charge is 2.13. The van der Waals surface area contributed by atoms with Crippen molar-refractivity contribution in [1.82, 2.24) is 5.32 Å². The highest BCUT2D eigenvalue weighted by molar-refractivity contribution is 7.90. The van der Waals surface area contributed by atoms with Crippen molar-refractivity contribution in [3.8, 4) is 0 Å². The van der Waals surface area contributed by atoms with E-state index in [0.29, 0.717) is 18.5 Å². The van der Waals surface area contributed by atoms with Crippen molar-refractivity contribution < 1.29 is 13.5 Å². The van der Waals surface area contributed by atoms with Gasteiger partial charge in [-0.3, -0.25) is 0 Å². The van der Waals surface area contributed by atoms with Crippen molar-refractivity contribution in [1.29, 1.82) is 0 Å². The topological polar surface area (TPSA) is 66.4 Å². The van der Waals surface area contributed by atoms with Gasteiger partial charge in [0.25, 0.3) is 0 Å². The van der Waals surface area contributed by atoms with E-state index in [1.807, 2.05) is 0 Å². The maximum atomic E-state index is 11.3. The molecule has 0 radical (unpaired) electrons. The summed E-state index contributed by atoms with van der Waals surface area (Å²) < 4.78 is 22.7. The molecule has 0 saturated heterocycles. The molecule has 0 aliphatic rings. The van der Waals surface area contributed by atoms with Gasteiger partial charge in [0.15, 0.2) is 9.84 Å². The molecule has 0 amide bonds. The number of aliphatic hydroxyl groups is 1. The van der Waals surface area contributed by atoms with E-state index in [4.69, 9.17) is 0 Å². The number of sulfone groups is 1. The van der Waals surface area contributed by atoms with Gasteiger partial charge in [-0.25, -0.2) is 8.42 Å². The normalized spacial score (nSPS) is 15.5. The Morgan fingerprint density at radius 2 is 1.68 bits per heavy atom. The van der Waals surface area contributed by atoms with Crippen LogP contribution in [-0.4, -0.2) is 32.4 Å². The molecule has 0 spiro atoms. The quantitative estimate of drug-likeness (QED) is 0.836. The van der Waals surface area contributed by atoms with E-state index < -0.39 is 15.9 Å². The second-order valence-corrected chi connectivity index (χ2v) is 7.31. The predicted molar refractivity (Wildman–Crippen MR) is 76.8 cm³/mol. The molecule has 108 valence electrons. The first-order valence-electron chi connectivity index (χ1n) is 6.43. The van der Waals surface area contributed by atoms with E-state index in [0.717, 1.165) is 5.56 Å². The van der Waals surface area contributed by atoms with Gasteiger partial charge in [0.2, 0.25) is 0 Å². The number of benzene rings is 1. The number of aliphatic hydroxyl groups excluding tert-OH is 1. The fourth-order valence-corrected chi connectivity index (χ4v) is 2.22. The lowest BCUT2D eigenvalue weighted by Gasteiger charge is -2.20. The average molecular weight is 285 g/mol. The molecule has 0 aliphatic heterocycles. The summed E-state index contributed by atoms with van der Waals surface area (Å²) in [4.78, 5) is 0.270. The number of nitrogens with one attached hydrogen (secondary N) is 1. The summed E-state index contributed by atoms with van der Waals surface area (Å²) in [6.07, 6.45) is 0.541. The van der Waals surface area contributed by atoms with Crippen LogP contribution in [0.25, 0.3) is 0 Å². The summed E-state index contributed by atoms with van der Waals surface area (Å²) in [5.74, 6) is 0.500. The van der Waals surface area contributed by atoms with Crippen molar-refractivity contribution in [3.05, 3.63) is 29.8 Å². The molecule has 19 heavy (non-hydrogen) atoms. The molecule has 2 unspecified atom stereocenters. The predicted octanol–water partition coefficient (Wildman–Crippen LogP) is 1.76. The van der Waals surface area contributed by atoms with Gasteiger partial charge in [0.05, 0.1) is 11.0 Å². The zero-order chi connectivity index (χ0) is 14.6. The maximum Gasteiger partial charge on any atom is 0.175 e. The van der Waals surface area contributed by atoms with Crippen LogP contribution in [0.1, 0.15) is 32.4 Å². The highest BCUT2D eigenvalue weighted by Crippen LogP contribution is 2.16. The van der Waals surface area contributed by atoms with Crippen LogP contribution in [-0.2, 0) is 9.84 Å². The number of hydrogen-bond acceptors (Lipinski definition) is 4. The molecule has 2 N–H and O–H groups in total. The molecule has 2 atom stereocenters. The molecule has 1 aromatic carbocycles. The lowest BCUT2D eigenvalue weighted by Crippen LogP contribution is -2.34. The lowest BCUT2D eigenvalue weighted by atomic mass is 10.1. The molecular weight excluding hydrogens is 262 g/mol. The van der Waals surface area contributed by atoms with Crippen LogP contribution in [0.3, 0.4) is 0 Å². The molecule has 5 heteroatoms. The lowest BCUT2D eigenvalue weighted by molar-refractivity contribution is 0.167. The summed E-state index contributed by atoms with van der Waals surface area (Å²) in [5, 5.41) is 13.3. The first-order chi connectivity index (χ1) is 8.71. The Kier molecular flexibility index (Phi) is 5.52. The summed E-state index contributed by atoms with van der Waals surface area (Å²) in [5.41, 5.74) is 0.718. The molecule has 0 fully saturated rings. The maximum absolute atomic E-state index is 11.3. The Balaban J connectivity index is 2.66. The monoisotopic (exact) mass is 285 g/mol. The third kappa shape index (κ3) is 4.93. The van der Waals surface area contributed by atoms with E-state index >= 15 is 0 Å². The third-order valence-corrected chi connectivity index (χ3v) is 4.45. The van der Waals surface area contributed by atoms with Crippen LogP contribution < -0.4 is 5.32 Å². The largest absolute Gasteiger partial charge is 0.387 e. The minimum absolute atomic E-state index is 0.270. The van der Waals surface area contributed by atoms with Crippen molar-refractivity contribution >= 4 is 9.84 Å². The van der Waals surface area contributed by atoms with Crippen molar-refractivity contribution in [2.24, 2.45) is 5.92 Å². The number of hydrogen-bond donors (Lipinski definition) is 2. The average Bonchev–Trinajstić information content (AvgIpc) is 2.34. The first-order valence-corrected chi connectivity index (χ1v) is 8.32. The zero-order valence-corrected chi connectivity index (χ0v) is 12.7. The fraction of sp³-hybridized carbons (Fsp3) is 0.571. The molecule has 1 rings (SSSR count). The van der Waals surface area contributed by atoms with E-state index in [2.05, 4.69) is 26.1 Å². The van der Waals surface area contributed by atoms with E-state index in [-0.39, 0.29) is 4.90 Å². The second-order valence-electron chi connectivity index (χ2n) is 5.30. The molecule has 0 aromatic heterocycles. The van der Waals surface area contributed by atoms with Crippen LogP contribution in [0.2, 0.25) is 0 Å². The van der Waals surface area contributed by atoms with Crippen LogP contribution in [0.15, 0.2) is 29.2 Å². The Bertz CT molecular complexity index is 494. The number of rotatable bonds is 6. The summed E-state index contributed by atoms with van der Waals surface area (Å²) in [6.45, 7) is 6.76. The smallest absolute Gasteiger partial charge is 0.175 e. The second kappa shape index (κ2) is 6.50. The van der Waals surface area contributed by atoms with Gasteiger partial charge in [-0.05, 0) is 30.5 Å². The van der Waals surface area contributed by atoms with Crippen LogP contribution in [0.5, 0.6) is 0 Å². The minimum Gasteiger partial charge on any atom is -0.387 e. The minimum atomic E-state index is -3.18. The molecular formula is C14H23NO3S. The Labute approximate surface area is 115 Å². The van der Waals surface area contributed by atoms with Gasteiger partial charge in [-0.1, -0.05) is 26.0 Å². The van der Waals surface area contributed by atoms with Gasteiger partial charge >= 0.3 is 0 Å². The first kappa shape index (κ1) is 16.1. The van der Waals surface area contributed by atoms with E-state index in [9.17, 15) is 13.5 Å². The summed E-state index contributed by atoms with van der Waals surface area (Å²) in [7, 11) is -3.18. The Morgan fingerprint density at radius 1 is 1.16 bits per heavy atom. The summed E-state index contributed by atoms with van der Waals surface area (Å²) >= 11 is 0. The molecule has 4 nitrogen and oxygen atoms in total. The van der Waals surface area contributed by atoms with Crippen LogP contribution in [0, 0.1) is 5.92 Å². The molecule has 0 aliphatic carbocycles. The van der Waals surface area contributed by atoms with Gasteiger partial charge < -0.3 is 10.4 Å². The third-order valence-electron chi connectivity index (χ3n) is 3.33. The Morgan fingerprint density at radius 3 is 2.11 bits per heavy atom. The highest BCUT2D eigenvalue weighted by atomic mass is 32.2. The molecule has 0 saturated carbocycles. The van der Waals surface area contributed by atoms with Crippen LogP contribution >= 0.6 is 0 Å². The van der Waals surface area contributed by atoms with Gasteiger partial charge in [-0.2, -0.15) is 0 Å². The Hall–Kier alpha value is -0.910. The van der Waals surface area contributed by atoms with Crippen molar-refractivity contribution in [2.45, 2.75) is 37.8 Å². The van der Waals surface area contributed by atoms with Crippen molar-refractivity contribution in [2.75, 3.05) is 12.8 Å². The van der Waals surface area contributed by atoms with Crippen molar-refractivity contribution in [3.63, 3.8) is 0 Å². The van der Waals surface area contributed by atoms with E-state index in [1.165, 1.54) is 18.4 Å². The standard InChI is InChI=1S/C14H23NO3S/c1-10(2)11(3)15-9-14(16)12-5-7-13(8-6-12)19(4,17)18/h5-8,10-11,14-16H,9H2,1-4H3. The van der Waals surface area contributed by atoms with Gasteiger partial charge in [0, 0.05) is 18.8 Å². The van der Waals surface area contributed by atoms with E-state index in [1.54, 1.807) is 12.1 Å². The SMILES string of the molecule is CC(C)C(C)NCC(O)c1ccc(S(C)(=O)=O)cc1. The summed E-state index contributed by atoms with van der Waals surface area (Å²) in [6, 6.07) is 6.69. The van der Waals surface area contributed by atoms with Gasteiger partial charge in [-0.15, -0.1) is 0 Å². The van der Waals surface area contributed by atoms with Crippen LogP contribution in [0.4, 0.5) is 0 Å². The molecule has 0 bridgehead atoms. The zero-order valence-electron chi connectivity index (χ0n) is 11.9. The molecule has 0 heterocycles. The fourth-order valence-electron chi connectivity index (χ4n) is 1.59. The molecule has 1 aromatic rings. The van der Waals surface area contributed by atoms with Gasteiger partial charge in [0.1, 0.15) is 0 Å².